The maximum atomic E-state index is 13.2. The van der Waals surface area contributed by atoms with Gasteiger partial charge in [0.1, 0.15) is 30.1 Å². The Hall–Kier alpha value is -2.60. The summed E-state index contributed by atoms with van der Waals surface area (Å²) in [5.41, 5.74) is 1.26. The fourth-order valence-electron chi connectivity index (χ4n) is 5.01. The van der Waals surface area contributed by atoms with Crippen molar-refractivity contribution < 1.29 is 23.4 Å². The van der Waals surface area contributed by atoms with Gasteiger partial charge in [-0.1, -0.05) is 12.1 Å². The predicted octanol–water partition coefficient (Wildman–Crippen LogP) is 2.78. The monoisotopic (exact) mass is 534 g/mol. The van der Waals surface area contributed by atoms with Gasteiger partial charge >= 0.3 is 0 Å². The minimum Gasteiger partial charge on any atom is -0.491 e. The fourth-order valence-corrected chi connectivity index (χ4v) is 5.01. The van der Waals surface area contributed by atoms with Crippen LogP contribution in [0.25, 0.3) is 11.4 Å². The maximum absolute atomic E-state index is 13.2. The fraction of sp³-hybridized carbons (Fsp3) is 0.630. The van der Waals surface area contributed by atoms with E-state index >= 15 is 0 Å². The van der Waals surface area contributed by atoms with Crippen molar-refractivity contribution >= 4 is 11.6 Å². The molecule has 0 aliphatic carbocycles. The van der Waals surface area contributed by atoms with Crippen LogP contribution in [0.15, 0.2) is 24.3 Å². The van der Waals surface area contributed by atoms with Gasteiger partial charge in [-0.05, 0) is 46.4 Å². The minimum absolute atomic E-state index is 0.159. The molecule has 9 nitrogen and oxygen atoms in total. The van der Waals surface area contributed by atoms with Gasteiger partial charge in [-0.2, -0.15) is 0 Å². The number of hydrogen-bond donors (Lipinski definition) is 3. The Labute approximate surface area is 223 Å². The lowest BCUT2D eigenvalue weighted by molar-refractivity contribution is 0.0269. The van der Waals surface area contributed by atoms with Crippen LogP contribution < -0.4 is 20.3 Å². The second kappa shape index (κ2) is 12.5. The third-order valence-electron chi connectivity index (χ3n) is 7.10. The average molecular weight is 535 g/mol. The number of ether oxygens (including phenoxy) is 2. The van der Waals surface area contributed by atoms with E-state index in [2.05, 4.69) is 15.5 Å². The molecule has 0 saturated carbocycles. The molecule has 0 amide bonds. The van der Waals surface area contributed by atoms with E-state index in [4.69, 9.17) is 19.4 Å². The normalized spacial score (nSPS) is 20.6. The van der Waals surface area contributed by atoms with Crippen molar-refractivity contribution in [1.82, 2.24) is 20.2 Å². The van der Waals surface area contributed by atoms with Crippen molar-refractivity contribution in [2.24, 2.45) is 0 Å². The first-order valence-corrected chi connectivity index (χ1v) is 13.2. The largest absolute Gasteiger partial charge is 0.491 e. The number of nitrogens with zero attached hydrogens (tertiary/aromatic N) is 4. The number of alkyl halides is 2. The zero-order chi connectivity index (χ0) is 27.3. The van der Waals surface area contributed by atoms with Crippen molar-refractivity contribution in [3.8, 4) is 17.1 Å². The van der Waals surface area contributed by atoms with Crippen molar-refractivity contribution in [3.63, 3.8) is 0 Å². The standard InChI is InChI=1S/C27H40F2N6O3/c1-18-24(31-20-8-11-37-15-20)32-25(19-6-5-7-22(12-19)38-16-21(36)13-30-4)33-26(18)34-9-10-35(14-23(28)29)27(2,3)17-34/h5-7,12,20-21,23,30,36H,8-11,13-17H2,1-4H3,(H,31,32,33). The highest BCUT2D eigenvalue weighted by Crippen LogP contribution is 2.33. The quantitative estimate of drug-likeness (QED) is 0.402. The van der Waals surface area contributed by atoms with Gasteiger partial charge in [0, 0.05) is 49.5 Å². The number of halogens is 2. The maximum Gasteiger partial charge on any atom is 0.251 e. The van der Waals surface area contributed by atoms with Crippen LogP contribution in [0.4, 0.5) is 20.4 Å². The summed E-state index contributed by atoms with van der Waals surface area (Å²) in [6, 6.07) is 7.67. The van der Waals surface area contributed by atoms with E-state index in [0.717, 1.165) is 29.2 Å². The zero-order valence-electron chi connectivity index (χ0n) is 22.7. The molecule has 1 aromatic carbocycles. The molecule has 0 bridgehead atoms. The number of anilines is 2. The van der Waals surface area contributed by atoms with Gasteiger partial charge in [-0.25, -0.2) is 18.7 Å². The van der Waals surface area contributed by atoms with Crippen LogP contribution in [0, 0.1) is 6.92 Å². The van der Waals surface area contributed by atoms with Crippen LogP contribution in [-0.4, -0.2) is 104 Å². The van der Waals surface area contributed by atoms with Gasteiger partial charge in [0.05, 0.1) is 19.2 Å². The lowest BCUT2D eigenvalue weighted by Crippen LogP contribution is -2.60. The molecule has 2 aliphatic rings. The minimum atomic E-state index is -2.37. The van der Waals surface area contributed by atoms with E-state index in [1.165, 1.54) is 0 Å². The van der Waals surface area contributed by atoms with E-state index < -0.39 is 18.1 Å². The first-order valence-electron chi connectivity index (χ1n) is 13.2. The third kappa shape index (κ3) is 7.07. The molecule has 38 heavy (non-hydrogen) atoms. The van der Waals surface area contributed by atoms with Crippen LogP contribution in [0.5, 0.6) is 5.75 Å². The second-order valence-corrected chi connectivity index (χ2v) is 10.7. The molecule has 2 fully saturated rings. The van der Waals surface area contributed by atoms with Crippen molar-refractivity contribution in [2.45, 2.75) is 51.3 Å². The molecule has 3 heterocycles. The smallest absolute Gasteiger partial charge is 0.251 e. The number of aliphatic hydroxyl groups excluding tert-OH is 1. The molecule has 2 aliphatic heterocycles. The summed E-state index contributed by atoms with van der Waals surface area (Å²) in [5.74, 6) is 2.69. The topological polar surface area (TPSA) is 95.0 Å². The highest BCUT2D eigenvalue weighted by atomic mass is 19.3. The van der Waals surface area contributed by atoms with Crippen LogP contribution in [-0.2, 0) is 4.74 Å². The van der Waals surface area contributed by atoms with Gasteiger partial charge in [0.2, 0.25) is 0 Å². The van der Waals surface area contributed by atoms with Crippen molar-refractivity contribution in [1.29, 1.82) is 0 Å². The first kappa shape index (κ1) is 28.4. The summed E-state index contributed by atoms with van der Waals surface area (Å²) in [4.78, 5) is 13.9. The molecule has 1 aromatic heterocycles. The van der Waals surface area contributed by atoms with Gasteiger partial charge in [-0.3, -0.25) is 4.90 Å². The Kier molecular flexibility index (Phi) is 9.35. The zero-order valence-corrected chi connectivity index (χ0v) is 22.7. The van der Waals surface area contributed by atoms with Gasteiger partial charge in [0.25, 0.3) is 6.43 Å². The summed E-state index contributed by atoms with van der Waals surface area (Å²) >= 11 is 0. The van der Waals surface area contributed by atoms with E-state index in [9.17, 15) is 13.9 Å². The van der Waals surface area contributed by atoms with Gasteiger partial charge < -0.3 is 30.1 Å². The SMILES string of the molecule is CNCC(O)COc1cccc(-c2nc(NC3CCOC3)c(C)c(N3CCN(CC(F)F)C(C)(C)C3)n2)c1. The highest BCUT2D eigenvalue weighted by Gasteiger charge is 2.36. The second-order valence-electron chi connectivity index (χ2n) is 10.7. The number of benzene rings is 1. The Balaban J connectivity index is 1.64. The Morgan fingerprint density at radius 1 is 1.26 bits per heavy atom. The molecule has 2 aromatic rings. The molecule has 210 valence electrons. The molecular formula is C27H40F2N6O3. The highest BCUT2D eigenvalue weighted by molar-refractivity contribution is 5.67. The summed E-state index contributed by atoms with van der Waals surface area (Å²) in [6.45, 7) is 9.36. The lowest BCUT2D eigenvalue weighted by Gasteiger charge is -2.47. The van der Waals surface area contributed by atoms with Crippen LogP contribution in [0.2, 0.25) is 0 Å². The number of hydrogen-bond acceptors (Lipinski definition) is 9. The number of aromatic nitrogens is 2. The van der Waals surface area contributed by atoms with Gasteiger partial charge in [0.15, 0.2) is 5.82 Å². The van der Waals surface area contributed by atoms with Crippen molar-refractivity contribution in [2.75, 3.05) is 69.8 Å². The van der Waals surface area contributed by atoms with E-state index in [1.807, 2.05) is 49.9 Å². The van der Waals surface area contributed by atoms with Crippen LogP contribution in [0.1, 0.15) is 25.8 Å². The van der Waals surface area contributed by atoms with Crippen LogP contribution >= 0.6 is 0 Å². The Bertz CT molecular complexity index is 1070. The molecule has 0 radical (unpaired) electrons. The van der Waals surface area contributed by atoms with Crippen LogP contribution in [0.3, 0.4) is 0 Å². The third-order valence-corrected chi connectivity index (χ3v) is 7.10. The number of nitrogens with one attached hydrogen (secondary N) is 2. The van der Waals surface area contributed by atoms with E-state index in [0.29, 0.717) is 51.0 Å². The van der Waals surface area contributed by atoms with Gasteiger partial charge in [-0.15, -0.1) is 0 Å². The molecule has 0 spiro atoms. The summed E-state index contributed by atoms with van der Waals surface area (Å²) in [6.07, 6.45) is -2.10. The predicted molar refractivity (Wildman–Crippen MR) is 144 cm³/mol. The molecule has 2 saturated heterocycles. The summed E-state index contributed by atoms with van der Waals surface area (Å²) < 4.78 is 37.7. The number of likely N-dealkylation sites (N-methyl/N-ethyl adjacent to an activating group) is 1. The molecular weight excluding hydrogens is 494 g/mol. The molecule has 2 unspecified atom stereocenters. The summed E-state index contributed by atoms with van der Waals surface area (Å²) in [5, 5.41) is 16.5. The number of piperazine rings is 1. The molecule has 3 N–H and O–H groups in total. The van der Waals surface area contributed by atoms with Crippen molar-refractivity contribution in [3.05, 3.63) is 29.8 Å². The Morgan fingerprint density at radius 3 is 2.76 bits per heavy atom. The molecule has 4 rings (SSSR count). The molecule has 2 atom stereocenters. The number of rotatable bonds is 11. The Morgan fingerprint density at radius 2 is 2.08 bits per heavy atom. The summed E-state index contributed by atoms with van der Waals surface area (Å²) in [7, 11) is 1.78. The van der Waals surface area contributed by atoms with E-state index in [-0.39, 0.29) is 19.2 Å². The number of aliphatic hydroxyl groups is 1. The first-order chi connectivity index (χ1) is 18.2. The average Bonchev–Trinajstić information content (AvgIpc) is 3.38. The van der Waals surface area contributed by atoms with E-state index in [1.54, 1.807) is 7.05 Å². The lowest BCUT2D eigenvalue weighted by atomic mass is 9.98. The molecule has 11 heteroatoms.